The van der Waals surface area contributed by atoms with Gasteiger partial charge in [0.1, 0.15) is 0 Å². The highest BCUT2D eigenvalue weighted by Gasteiger charge is 2.19. The Hall–Kier alpha value is -5.32. The Morgan fingerprint density at radius 1 is 0.491 bits per heavy atom. The second-order valence-corrected chi connectivity index (χ2v) is 12.2. The van der Waals surface area contributed by atoms with Crippen LogP contribution in [0.4, 0.5) is 0 Å². The molecule has 0 aromatic heterocycles. The van der Waals surface area contributed by atoms with E-state index in [0.29, 0.717) is 11.1 Å². The minimum absolute atomic E-state index is 0.0884. The molecule has 0 saturated heterocycles. The number of alkyl halides is 2. The van der Waals surface area contributed by atoms with E-state index in [-0.39, 0.29) is 11.9 Å². The van der Waals surface area contributed by atoms with E-state index in [4.69, 9.17) is 33.4 Å². The molecule has 0 amide bonds. The summed E-state index contributed by atoms with van der Waals surface area (Å²) in [6.45, 7) is 0.0884. The number of aliphatic carboxylic acids is 1. The van der Waals surface area contributed by atoms with Gasteiger partial charge < -0.3 is 20.4 Å². The molecule has 0 aliphatic rings. The average Bonchev–Trinajstić information content (AvgIpc) is 3.22. The highest BCUT2D eigenvalue weighted by molar-refractivity contribution is 6.97. The first-order valence-electron chi connectivity index (χ1n) is 16.1. The van der Waals surface area contributed by atoms with Crippen LogP contribution in [0.15, 0.2) is 164 Å². The van der Waals surface area contributed by atoms with Gasteiger partial charge in [-0.1, -0.05) is 158 Å². The number of hydrogen-bond acceptors (Lipinski definition) is 6. The molecule has 6 aromatic rings. The summed E-state index contributed by atoms with van der Waals surface area (Å²) in [7, 11) is 0. The van der Waals surface area contributed by atoms with Crippen LogP contribution in [0.1, 0.15) is 27.6 Å². The van der Waals surface area contributed by atoms with Gasteiger partial charge in [-0.25, -0.2) is 9.59 Å². The van der Waals surface area contributed by atoms with Crippen molar-refractivity contribution in [2.45, 2.75) is 12.7 Å². The lowest BCUT2D eigenvalue weighted by atomic mass is 9.96. The lowest BCUT2D eigenvalue weighted by Crippen LogP contribution is -2.11. The molecule has 6 aromatic carbocycles. The molecule has 1 atom stereocenters. The maximum Gasteiger partial charge on any atom is 0.337 e. The number of aliphatic hydroxyl groups excluding tert-OH is 2. The fourth-order valence-corrected chi connectivity index (χ4v) is 4.85. The Morgan fingerprint density at radius 3 is 1.25 bits per heavy atom. The van der Waals surface area contributed by atoms with Crippen molar-refractivity contribution in [3.8, 4) is 33.4 Å². The van der Waals surface area contributed by atoms with Crippen molar-refractivity contribution < 1.29 is 39.6 Å². The summed E-state index contributed by atoms with van der Waals surface area (Å²) >= 11 is 18.5. The Balaban J connectivity index is 0.000000258. The van der Waals surface area contributed by atoms with Crippen molar-refractivity contribution in [2.24, 2.45) is 0 Å². The maximum atomic E-state index is 11.0. The van der Waals surface area contributed by atoms with E-state index in [2.05, 4.69) is 35.3 Å². The minimum Gasteiger partial charge on any atom is -0.479 e. The van der Waals surface area contributed by atoms with Crippen molar-refractivity contribution in [1.82, 2.24) is 0 Å². The van der Waals surface area contributed by atoms with E-state index < -0.39 is 28.5 Å². The third-order valence-corrected chi connectivity index (χ3v) is 7.68. The first-order chi connectivity index (χ1) is 26.5. The molecule has 0 radical (unpaired) electrons. The Kier molecular flexibility index (Phi) is 21.4. The summed E-state index contributed by atoms with van der Waals surface area (Å²) in [5.41, 5.74) is 7.29. The van der Waals surface area contributed by atoms with Crippen LogP contribution < -0.4 is 0 Å². The zero-order valence-electron chi connectivity index (χ0n) is 29.0. The Labute approximate surface area is 338 Å². The Bertz CT molecular complexity index is 2070. The van der Waals surface area contributed by atoms with Crippen molar-refractivity contribution in [3.63, 3.8) is 0 Å². The van der Waals surface area contributed by atoms with Crippen LogP contribution in [0.5, 0.6) is 0 Å². The lowest BCUT2D eigenvalue weighted by molar-refractivity contribution is -0.146. The van der Waals surface area contributed by atoms with Gasteiger partial charge >= 0.3 is 22.4 Å². The number of carbonyl (C=O) groups excluding carboxylic acids is 2. The molecule has 8 nitrogen and oxygen atoms in total. The van der Waals surface area contributed by atoms with Gasteiger partial charge in [0.15, 0.2) is 6.10 Å². The van der Waals surface area contributed by atoms with E-state index in [9.17, 15) is 29.4 Å². The summed E-state index contributed by atoms with van der Waals surface area (Å²) in [4.78, 5) is 40.7. The van der Waals surface area contributed by atoms with Crippen LogP contribution in [-0.2, 0) is 21.0 Å². The summed E-state index contributed by atoms with van der Waals surface area (Å²) in [5, 5.41) is 34.6. The van der Waals surface area contributed by atoms with Crippen molar-refractivity contribution in [1.29, 1.82) is 0 Å². The van der Waals surface area contributed by atoms with E-state index in [1.54, 1.807) is 30.3 Å². The molecule has 0 heterocycles. The number of hydrogen-bond donors (Lipinski definition) is 4. The van der Waals surface area contributed by atoms with Gasteiger partial charge in [0.05, 0.1) is 17.5 Å². The molecular weight excluding hydrogens is 786 g/mol. The van der Waals surface area contributed by atoms with E-state index in [1.165, 1.54) is 0 Å². The second-order valence-electron chi connectivity index (χ2n) is 10.7. The maximum absolute atomic E-state index is 11.0. The van der Waals surface area contributed by atoms with E-state index in [0.717, 1.165) is 38.9 Å². The van der Waals surface area contributed by atoms with Gasteiger partial charge in [-0.05, 0) is 73.8 Å². The second kappa shape index (κ2) is 25.7. The van der Waals surface area contributed by atoms with E-state index in [1.807, 2.05) is 121 Å². The molecule has 0 fully saturated rings. The van der Waals surface area contributed by atoms with Crippen molar-refractivity contribution in [3.05, 3.63) is 180 Å². The number of carboxylic acid groups (broad SMARTS) is 2. The number of carboxylic acids is 2. The smallest absolute Gasteiger partial charge is 0.337 e. The number of benzene rings is 6. The van der Waals surface area contributed by atoms with Crippen LogP contribution in [0, 0.1) is 0 Å². The minimum atomic E-state index is -1.49. The topological polar surface area (TPSA) is 149 Å². The molecule has 6 rings (SSSR count). The lowest BCUT2D eigenvalue weighted by Gasteiger charge is -2.12. The molecule has 12 heteroatoms. The van der Waals surface area contributed by atoms with Crippen LogP contribution >= 0.6 is 46.4 Å². The zero-order valence-corrected chi connectivity index (χ0v) is 32.0. The normalized spacial score (nSPS) is 10.1. The summed E-state index contributed by atoms with van der Waals surface area (Å²) in [6.07, 6.45) is -1.49. The molecule has 0 saturated carbocycles. The SMILES string of the molecule is ClCCl.O=C(Cl)C(=O)Cl.O=C(O)C(O)c1ccccc1-c1ccccc1.O=C(O)c1ccccc1-c1ccccc1.OCc1ccccc1-c1ccccc1. The fraction of sp³-hybridized carbons (Fsp3) is 0.0698. The van der Waals surface area contributed by atoms with Gasteiger partial charge in [-0.3, -0.25) is 9.59 Å². The van der Waals surface area contributed by atoms with Gasteiger partial charge in [0.25, 0.3) is 0 Å². The third-order valence-electron chi connectivity index (χ3n) is 7.24. The first kappa shape index (κ1) is 45.8. The van der Waals surface area contributed by atoms with Gasteiger partial charge in [-0.2, -0.15) is 0 Å². The molecule has 1 unspecified atom stereocenters. The van der Waals surface area contributed by atoms with Gasteiger partial charge in [0, 0.05) is 0 Å². The fourth-order valence-electron chi connectivity index (χ4n) is 4.85. The number of carbonyl (C=O) groups is 4. The van der Waals surface area contributed by atoms with Crippen molar-refractivity contribution in [2.75, 3.05) is 5.34 Å². The van der Waals surface area contributed by atoms with Crippen LogP contribution in [0.3, 0.4) is 0 Å². The van der Waals surface area contributed by atoms with Gasteiger partial charge in [0.2, 0.25) is 0 Å². The number of aliphatic hydroxyl groups is 2. The monoisotopic (exact) mass is 820 g/mol. The quantitative estimate of drug-likeness (QED) is 0.0674. The molecule has 0 aliphatic heterocycles. The molecule has 4 N–H and O–H groups in total. The predicted octanol–water partition coefficient (Wildman–Crippen LogP) is 10.3. The summed E-state index contributed by atoms with van der Waals surface area (Å²) in [6, 6.07) is 50.9. The standard InChI is InChI=1S/C14H12O3.C13H10O2.C13H12O.C2Cl2O2.CH2Cl2/c15-13(14(16)17)12-9-5-4-8-11(12)10-6-2-1-3-7-10;14-13(15)12-9-5-4-8-11(12)10-6-2-1-3-7-10;14-10-12-8-4-5-9-13(12)11-6-2-1-3-7-11;3-1(5)2(4)6;2-1-3/h1-9,13,15H,(H,16,17);1-9H,(H,14,15);1-9,14H,10H2;;1H2. The average molecular weight is 823 g/mol. The van der Waals surface area contributed by atoms with Crippen LogP contribution in [0.25, 0.3) is 33.4 Å². The molecule has 0 aliphatic carbocycles. The largest absolute Gasteiger partial charge is 0.479 e. The van der Waals surface area contributed by atoms with E-state index >= 15 is 0 Å². The number of aromatic carboxylic acids is 1. The molecule has 55 heavy (non-hydrogen) atoms. The predicted molar refractivity (Wildman–Crippen MR) is 219 cm³/mol. The van der Waals surface area contributed by atoms with Crippen LogP contribution in [-0.4, -0.2) is 48.2 Å². The molecule has 284 valence electrons. The first-order valence-corrected chi connectivity index (χ1v) is 18.0. The molecular formula is C43H36Cl4O8. The highest BCUT2D eigenvalue weighted by atomic mass is 35.5. The molecule has 0 spiro atoms. The van der Waals surface area contributed by atoms with Crippen molar-refractivity contribution >= 4 is 68.8 Å². The molecule has 0 bridgehead atoms. The number of rotatable bonds is 8. The van der Waals surface area contributed by atoms with Crippen LogP contribution in [0.2, 0.25) is 0 Å². The third kappa shape index (κ3) is 15.9. The highest BCUT2D eigenvalue weighted by Crippen LogP contribution is 2.28. The van der Waals surface area contributed by atoms with Gasteiger partial charge in [-0.15, -0.1) is 23.2 Å². The Morgan fingerprint density at radius 2 is 0.836 bits per heavy atom. The summed E-state index contributed by atoms with van der Waals surface area (Å²) < 4.78 is 0. The zero-order chi connectivity index (χ0) is 40.6. The summed E-state index contributed by atoms with van der Waals surface area (Å²) in [5.74, 6) is -2.14. The number of halogens is 4.